The summed E-state index contributed by atoms with van der Waals surface area (Å²) in [6.45, 7) is 13.6. The predicted octanol–water partition coefficient (Wildman–Crippen LogP) is 9.24. The van der Waals surface area contributed by atoms with E-state index in [9.17, 15) is 4.79 Å². The third kappa shape index (κ3) is 4.71. The highest BCUT2D eigenvalue weighted by Crippen LogP contribution is 2.67. The SMILES string of the molecule is Cc1cccc(C)c1-c1cccc(-c2c(C)cccc2C)c1P1C(c2ccccc2)CC(=O)CC1(C)C. The Kier molecular flexibility index (Phi) is 6.95. The summed E-state index contributed by atoms with van der Waals surface area (Å²) in [4.78, 5) is 13.2. The van der Waals surface area contributed by atoms with E-state index < -0.39 is 7.92 Å². The third-order valence-corrected chi connectivity index (χ3v) is 11.5. The fraction of sp³-hybridized carbons (Fsp3) is 0.286. The molecule has 1 saturated heterocycles. The molecule has 0 amide bonds. The van der Waals surface area contributed by atoms with Crippen LogP contribution in [0.2, 0.25) is 0 Å². The number of hydrogen-bond acceptors (Lipinski definition) is 1. The number of hydrogen-bond donors (Lipinski definition) is 0. The van der Waals surface area contributed by atoms with Crippen LogP contribution in [0.15, 0.2) is 84.9 Å². The molecule has 1 fully saturated rings. The number of carbonyl (C=O) groups excluding carboxylic acids is 1. The first-order chi connectivity index (χ1) is 17.7. The summed E-state index contributed by atoms with van der Waals surface area (Å²) in [6, 6.07) is 30.9. The Hall–Kier alpha value is -3.02. The van der Waals surface area contributed by atoms with Crippen molar-refractivity contribution in [3.05, 3.63) is 113 Å². The molecule has 2 unspecified atom stereocenters. The quantitative estimate of drug-likeness (QED) is 0.253. The molecule has 1 aliphatic rings. The first-order valence-corrected chi connectivity index (χ1v) is 14.7. The lowest BCUT2D eigenvalue weighted by atomic mass is 9.90. The Morgan fingerprint density at radius 2 is 1.11 bits per heavy atom. The molecule has 0 aromatic heterocycles. The van der Waals surface area contributed by atoms with E-state index in [1.807, 2.05) is 0 Å². The maximum absolute atomic E-state index is 13.2. The lowest BCUT2D eigenvalue weighted by Gasteiger charge is -2.46. The van der Waals surface area contributed by atoms with Crippen LogP contribution >= 0.6 is 7.92 Å². The first-order valence-electron chi connectivity index (χ1n) is 13.3. The van der Waals surface area contributed by atoms with Gasteiger partial charge in [0.25, 0.3) is 0 Å². The third-order valence-electron chi connectivity index (χ3n) is 7.98. The van der Waals surface area contributed by atoms with Gasteiger partial charge < -0.3 is 0 Å². The average molecular weight is 505 g/mol. The molecule has 0 radical (unpaired) electrons. The van der Waals surface area contributed by atoms with Gasteiger partial charge in [-0.15, -0.1) is 0 Å². The van der Waals surface area contributed by atoms with Crippen LogP contribution in [0, 0.1) is 27.7 Å². The van der Waals surface area contributed by atoms with Crippen molar-refractivity contribution in [2.45, 2.75) is 65.2 Å². The second-order valence-electron chi connectivity index (χ2n) is 11.3. The maximum Gasteiger partial charge on any atom is 0.134 e. The van der Waals surface area contributed by atoms with Crippen molar-refractivity contribution in [2.24, 2.45) is 0 Å². The largest absolute Gasteiger partial charge is 0.300 e. The molecule has 37 heavy (non-hydrogen) atoms. The smallest absolute Gasteiger partial charge is 0.134 e. The molecule has 0 spiro atoms. The van der Waals surface area contributed by atoms with Crippen LogP contribution in [0.4, 0.5) is 0 Å². The zero-order valence-electron chi connectivity index (χ0n) is 22.9. The Balaban J connectivity index is 1.90. The van der Waals surface area contributed by atoms with E-state index >= 15 is 0 Å². The molecule has 2 heteroatoms. The molecular formula is C35H37OP. The van der Waals surface area contributed by atoms with Crippen LogP contribution in [0.5, 0.6) is 0 Å². The minimum atomic E-state index is -0.736. The topological polar surface area (TPSA) is 17.1 Å². The Labute approximate surface area is 223 Å². The van der Waals surface area contributed by atoms with E-state index in [1.54, 1.807) is 0 Å². The van der Waals surface area contributed by atoms with Gasteiger partial charge in [0.15, 0.2) is 0 Å². The average Bonchev–Trinajstić information content (AvgIpc) is 2.84. The van der Waals surface area contributed by atoms with Gasteiger partial charge in [-0.2, -0.15) is 0 Å². The Bertz CT molecular complexity index is 1350. The van der Waals surface area contributed by atoms with Crippen LogP contribution in [0.1, 0.15) is 60.2 Å². The fourth-order valence-electron chi connectivity index (χ4n) is 6.45. The molecule has 5 rings (SSSR count). The van der Waals surface area contributed by atoms with Gasteiger partial charge in [0.05, 0.1) is 0 Å². The summed E-state index contributed by atoms with van der Waals surface area (Å²) in [5.74, 6) is 0.385. The second kappa shape index (κ2) is 10.0. The van der Waals surface area contributed by atoms with Crippen LogP contribution in [0.3, 0.4) is 0 Å². The highest BCUT2D eigenvalue weighted by atomic mass is 31.1. The summed E-state index contributed by atoms with van der Waals surface area (Å²) < 4.78 is 0. The molecule has 0 bridgehead atoms. The zero-order valence-corrected chi connectivity index (χ0v) is 23.8. The Morgan fingerprint density at radius 3 is 1.59 bits per heavy atom. The summed E-state index contributed by atoms with van der Waals surface area (Å²) in [7, 11) is -0.736. The monoisotopic (exact) mass is 504 g/mol. The van der Waals surface area contributed by atoms with Crippen LogP contribution in [-0.2, 0) is 4.79 Å². The van der Waals surface area contributed by atoms with Crippen LogP contribution < -0.4 is 5.30 Å². The van der Waals surface area contributed by atoms with Crippen molar-refractivity contribution in [3.63, 3.8) is 0 Å². The molecule has 1 nitrogen and oxygen atoms in total. The number of rotatable bonds is 4. The van der Waals surface area contributed by atoms with Crippen molar-refractivity contribution in [1.29, 1.82) is 0 Å². The van der Waals surface area contributed by atoms with Gasteiger partial charge in [0.2, 0.25) is 0 Å². The highest BCUT2D eigenvalue weighted by molar-refractivity contribution is 7.68. The number of benzene rings is 4. The van der Waals surface area contributed by atoms with E-state index in [4.69, 9.17) is 0 Å². The van der Waals surface area contributed by atoms with E-state index in [1.165, 1.54) is 55.4 Å². The van der Waals surface area contributed by atoms with Crippen molar-refractivity contribution in [3.8, 4) is 22.3 Å². The summed E-state index contributed by atoms with van der Waals surface area (Å²) >= 11 is 0. The van der Waals surface area contributed by atoms with Crippen molar-refractivity contribution >= 4 is 19.0 Å². The molecule has 188 valence electrons. The molecule has 1 aliphatic heterocycles. The molecule has 0 N–H and O–H groups in total. The molecule has 4 aromatic rings. The van der Waals surface area contributed by atoms with Gasteiger partial charge >= 0.3 is 0 Å². The summed E-state index contributed by atoms with van der Waals surface area (Å²) in [6.07, 6.45) is 1.25. The molecule has 1 heterocycles. The van der Waals surface area contributed by atoms with E-state index in [-0.39, 0.29) is 10.8 Å². The molecule has 4 aromatic carbocycles. The second-order valence-corrected chi connectivity index (χ2v) is 14.3. The Morgan fingerprint density at radius 1 is 0.649 bits per heavy atom. The highest BCUT2D eigenvalue weighted by Gasteiger charge is 2.45. The van der Waals surface area contributed by atoms with Gasteiger partial charge in [-0.25, -0.2) is 0 Å². The van der Waals surface area contributed by atoms with Crippen LogP contribution in [-0.4, -0.2) is 10.9 Å². The maximum atomic E-state index is 13.2. The molecule has 2 atom stereocenters. The molecule has 0 saturated carbocycles. The summed E-state index contributed by atoms with van der Waals surface area (Å²) in [5.41, 5.74) is 12.1. The van der Waals surface area contributed by atoms with Crippen LogP contribution in [0.25, 0.3) is 22.3 Å². The van der Waals surface area contributed by atoms with Crippen molar-refractivity contribution in [2.75, 3.05) is 0 Å². The molecular weight excluding hydrogens is 467 g/mol. The summed E-state index contributed by atoms with van der Waals surface area (Å²) in [5, 5.41) is 1.34. The number of carbonyl (C=O) groups is 1. The number of aryl methyl sites for hydroxylation is 4. The normalized spacial score (nSPS) is 19.1. The van der Waals surface area contributed by atoms with Gasteiger partial charge in [-0.1, -0.05) is 107 Å². The van der Waals surface area contributed by atoms with Gasteiger partial charge in [-0.05, 0) is 88.2 Å². The fourth-order valence-corrected chi connectivity index (χ4v) is 10.3. The minimum absolute atomic E-state index is 0.122. The lowest BCUT2D eigenvalue weighted by molar-refractivity contribution is -0.119. The molecule has 0 aliphatic carbocycles. The lowest BCUT2D eigenvalue weighted by Crippen LogP contribution is -2.36. The zero-order chi connectivity index (χ0) is 26.3. The number of ketones is 1. The standard InChI is InChI=1S/C35H37OP/c1-23-13-10-14-24(2)32(23)29-19-12-20-30(33-25(3)15-11-16-26(33)4)34(29)37-31(27-17-8-7-9-18-27)21-28(36)22-35(37,5)6/h7-20,31H,21-22H2,1-6H3. The van der Waals surface area contributed by atoms with Crippen molar-refractivity contribution < 1.29 is 4.79 Å². The van der Waals surface area contributed by atoms with E-state index in [0.29, 0.717) is 18.6 Å². The van der Waals surface area contributed by atoms with Gasteiger partial charge in [0.1, 0.15) is 5.78 Å². The van der Waals surface area contributed by atoms with Gasteiger partial charge in [-0.3, -0.25) is 4.79 Å². The minimum Gasteiger partial charge on any atom is -0.300 e. The van der Waals surface area contributed by atoms with Crippen molar-refractivity contribution in [1.82, 2.24) is 0 Å². The number of Topliss-reactive ketones (excluding diaryl/α,β-unsaturated/α-hetero) is 1. The first kappa shape index (κ1) is 25.6. The van der Waals surface area contributed by atoms with E-state index in [0.717, 1.165) is 0 Å². The van der Waals surface area contributed by atoms with E-state index in [2.05, 4.69) is 126 Å². The predicted molar refractivity (Wildman–Crippen MR) is 160 cm³/mol. The van der Waals surface area contributed by atoms with Gasteiger partial charge in [0, 0.05) is 18.5 Å².